The second-order valence-corrected chi connectivity index (χ2v) is 6.65. The first-order valence-electron chi connectivity index (χ1n) is 7.75. The van der Waals surface area contributed by atoms with E-state index in [1.807, 2.05) is 11.3 Å². The van der Waals surface area contributed by atoms with Crippen molar-refractivity contribution in [1.82, 2.24) is 10.3 Å². The third kappa shape index (κ3) is 4.17. The number of anilines is 1. The maximum absolute atomic E-state index is 5.42. The van der Waals surface area contributed by atoms with E-state index in [1.54, 1.807) is 0 Å². The van der Waals surface area contributed by atoms with E-state index in [1.165, 1.54) is 28.5 Å². The lowest BCUT2D eigenvalue weighted by Gasteiger charge is -2.26. The Morgan fingerprint density at radius 2 is 2.10 bits per heavy atom. The van der Waals surface area contributed by atoms with E-state index >= 15 is 0 Å². The van der Waals surface area contributed by atoms with E-state index in [2.05, 4.69) is 31.0 Å². The van der Waals surface area contributed by atoms with Crippen molar-refractivity contribution in [2.45, 2.75) is 46.1 Å². The minimum absolute atomic E-state index is 0.490. The number of nitrogens with zero attached hydrogens (tertiary/aromatic N) is 2. The molecule has 1 N–H and O–H groups in total. The summed E-state index contributed by atoms with van der Waals surface area (Å²) in [5, 5.41) is 4.71. The highest BCUT2D eigenvalue weighted by Crippen LogP contribution is 2.31. The van der Waals surface area contributed by atoms with Gasteiger partial charge in [-0.3, -0.25) is 0 Å². The van der Waals surface area contributed by atoms with Crippen LogP contribution in [0.2, 0.25) is 0 Å². The molecule has 1 saturated heterocycles. The lowest BCUT2D eigenvalue weighted by atomic mass is 10.1. The average molecular weight is 297 g/mol. The average Bonchev–Trinajstić information content (AvgIpc) is 2.89. The van der Waals surface area contributed by atoms with Gasteiger partial charge in [-0.15, -0.1) is 11.3 Å². The lowest BCUT2D eigenvalue weighted by Crippen LogP contribution is -2.36. The Morgan fingerprint density at radius 3 is 2.75 bits per heavy atom. The van der Waals surface area contributed by atoms with Gasteiger partial charge >= 0.3 is 0 Å². The number of hydrogen-bond donors (Lipinski definition) is 1. The van der Waals surface area contributed by atoms with E-state index in [9.17, 15) is 0 Å². The second-order valence-electron chi connectivity index (χ2n) is 5.59. The number of unbranched alkanes of at least 4 members (excludes halogenated alkanes) is 1. The van der Waals surface area contributed by atoms with Crippen LogP contribution in [0.4, 0.5) is 5.13 Å². The smallest absolute Gasteiger partial charge is 0.185 e. The fourth-order valence-corrected chi connectivity index (χ4v) is 3.56. The van der Waals surface area contributed by atoms with Gasteiger partial charge in [-0.1, -0.05) is 27.2 Å². The molecule has 2 rings (SSSR count). The first-order chi connectivity index (χ1) is 9.72. The molecule has 0 aliphatic carbocycles. The number of hydrogen-bond acceptors (Lipinski definition) is 5. The van der Waals surface area contributed by atoms with Crippen molar-refractivity contribution in [2.75, 3.05) is 37.7 Å². The summed E-state index contributed by atoms with van der Waals surface area (Å²) in [6.07, 6.45) is 2.48. The van der Waals surface area contributed by atoms with E-state index in [-0.39, 0.29) is 0 Å². The predicted molar refractivity (Wildman–Crippen MR) is 85.8 cm³/mol. The number of morpholine rings is 1. The van der Waals surface area contributed by atoms with Crippen molar-refractivity contribution < 1.29 is 4.74 Å². The van der Waals surface area contributed by atoms with Crippen LogP contribution in [0.25, 0.3) is 0 Å². The molecule has 5 heteroatoms. The quantitative estimate of drug-likeness (QED) is 0.785. The molecule has 0 radical (unpaired) electrons. The molecule has 4 nitrogen and oxygen atoms in total. The molecule has 0 saturated carbocycles. The Kier molecular flexibility index (Phi) is 6.26. The second kappa shape index (κ2) is 7.96. The molecule has 1 aliphatic rings. The van der Waals surface area contributed by atoms with Gasteiger partial charge in [0.15, 0.2) is 5.13 Å². The van der Waals surface area contributed by atoms with Crippen LogP contribution in [0.1, 0.15) is 50.1 Å². The maximum atomic E-state index is 5.42. The summed E-state index contributed by atoms with van der Waals surface area (Å²) in [5.41, 5.74) is 1.26. The first-order valence-corrected chi connectivity index (χ1v) is 8.57. The zero-order valence-corrected chi connectivity index (χ0v) is 13.8. The summed E-state index contributed by atoms with van der Waals surface area (Å²) in [5.74, 6) is 0.490. The molecule has 0 amide bonds. The summed E-state index contributed by atoms with van der Waals surface area (Å²) < 4.78 is 5.42. The SMILES string of the molecule is CCCCNCc1sc(N2CCOCC2)nc1C(C)C. The summed E-state index contributed by atoms with van der Waals surface area (Å²) in [6.45, 7) is 12.3. The zero-order valence-electron chi connectivity index (χ0n) is 12.9. The van der Waals surface area contributed by atoms with Gasteiger partial charge in [-0.25, -0.2) is 4.98 Å². The van der Waals surface area contributed by atoms with Crippen LogP contribution >= 0.6 is 11.3 Å². The van der Waals surface area contributed by atoms with Crippen LogP contribution in [0.15, 0.2) is 0 Å². The van der Waals surface area contributed by atoms with Crippen LogP contribution < -0.4 is 10.2 Å². The van der Waals surface area contributed by atoms with E-state index in [0.29, 0.717) is 5.92 Å². The Morgan fingerprint density at radius 1 is 1.35 bits per heavy atom. The molecule has 0 atom stereocenters. The van der Waals surface area contributed by atoms with E-state index in [4.69, 9.17) is 9.72 Å². The summed E-state index contributed by atoms with van der Waals surface area (Å²) in [6, 6.07) is 0. The molecule has 0 bridgehead atoms. The van der Waals surface area contributed by atoms with Crippen LogP contribution in [0.3, 0.4) is 0 Å². The highest BCUT2D eigenvalue weighted by molar-refractivity contribution is 7.15. The summed E-state index contributed by atoms with van der Waals surface area (Å²) >= 11 is 1.85. The predicted octanol–water partition coefficient (Wildman–Crippen LogP) is 2.99. The fraction of sp³-hybridized carbons (Fsp3) is 0.800. The Bertz CT molecular complexity index is 400. The number of thiazole rings is 1. The highest BCUT2D eigenvalue weighted by atomic mass is 32.1. The normalized spacial score (nSPS) is 16.1. The maximum Gasteiger partial charge on any atom is 0.185 e. The van der Waals surface area contributed by atoms with Gasteiger partial charge in [0.2, 0.25) is 0 Å². The topological polar surface area (TPSA) is 37.4 Å². The van der Waals surface area contributed by atoms with Gasteiger partial charge < -0.3 is 15.0 Å². The Hall–Kier alpha value is -0.650. The van der Waals surface area contributed by atoms with Gasteiger partial charge in [0.1, 0.15) is 0 Å². The monoisotopic (exact) mass is 297 g/mol. The molecule has 0 spiro atoms. The van der Waals surface area contributed by atoms with Crippen LogP contribution in [-0.4, -0.2) is 37.8 Å². The molecule has 2 heterocycles. The highest BCUT2D eigenvalue weighted by Gasteiger charge is 2.19. The molecule has 20 heavy (non-hydrogen) atoms. The molecule has 1 aliphatic heterocycles. The number of rotatable bonds is 7. The molecule has 1 aromatic rings. The van der Waals surface area contributed by atoms with Crippen LogP contribution in [0.5, 0.6) is 0 Å². The number of aromatic nitrogens is 1. The number of nitrogens with one attached hydrogen (secondary N) is 1. The summed E-state index contributed by atoms with van der Waals surface area (Å²) in [7, 11) is 0. The van der Waals surface area contributed by atoms with Crippen molar-refractivity contribution in [1.29, 1.82) is 0 Å². The minimum Gasteiger partial charge on any atom is -0.378 e. The van der Waals surface area contributed by atoms with Gasteiger partial charge in [-0.2, -0.15) is 0 Å². The van der Waals surface area contributed by atoms with Gasteiger partial charge in [0.05, 0.1) is 18.9 Å². The molecular formula is C15H27N3OS. The zero-order chi connectivity index (χ0) is 14.4. The summed E-state index contributed by atoms with van der Waals surface area (Å²) in [4.78, 5) is 8.64. The van der Waals surface area contributed by atoms with Crippen molar-refractivity contribution in [3.8, 4) is 0 Å². The molecule has 114 valence electrons. The molecule has 0 aromatic carbocycles. The van der Waals surface area contributed by atoms with Crippen molar-refractivity contribution in [3.63, 3.8) is 0 Å². The van der Waals surface area contributed by atoms with Gasteiger partial charge in [-0.05, 0) is 18.9 Å². The van der Waals surface area contributed by atoms with Gasteiger partial charge in [0, 0.05) is 24.5 Å². The fourth-order valence-electron chi connectivity index (χ4n) is 2.32. The third-order valence-corrected chi connectivity index (χ3v) is 4.67. The molecule has 1 aromatic heterocycles. The minimum atomic E-state index is 0.490. The van der Waals surface area contributed by atoms with E-state index < -0.39 is 0 Å². The molecule has 0 unspecified atom stereocenters. The largest absolute Gasteiger partial charge is 0.378 e. The Balaban J connectivity index is 2.02. The third-order valence-electron chi connectivity index (χ3n) is 3.54. The van der Waals surface area contributed by atoms with Crippen LogP contribution in [-0.2, 0) is 11.3 Å². The number of ether oxygens (including phenoxy) is 1. The van der Waals surface area contributed by atoms with Crippen molar-refractivity contribution in [3.05, 3.63) is 10.6 Å². The van der Waals surface area contributed by atoms with Gasteiger partial charge in [0.25, 0.3) is 0 Å². The first kappa shape index (κ1) is 15.7. The van der Waals surface area contributed by atoms with E-state index in [0.717, 1.165) is 39.4 Å². The molecule has 1 fully saturated rings. The lowest BCUT2D eigenvalue weighted by molar-refractivity contribution is 0.122. The van der Waals surface area contributed by atoms with Crippen molar-refractivity contribution in [2.24, 2.45) is 0 Å². The molecular weight excluding hydrogens is 270 g/mol. The standard InChI is InChI=1S/C15H27N3OS/c1-4-5-6-16-11-13-14(12(2)3)17-15(20-13)18-7-9-19-10-8-18/h12,16H,4-11H2,1-3H3. The van der Waals surface area contributed by atoms with Crippen LogP contribution in [0, 0.1) is 0 Å². The Labute approximate surface area is 126 Å². The van der Waals surface area contributed by atoms with Crippen molar-refractivity contribution >= 4 is 16.5 Å².